The first-order chi connectivity index (χ1) is 18.2. The second-order valence-corrected chi connectivity index (χ2v) is 10.1. The highest BCUT2D eigenvalue weighted by atomic mass is 19.1. The van der Waals surface area contributed by atoms with Crippen LogP contribution in [0.3, 0.4) is 0 Å². The summed E-state index contributed by atoms with van der Waals surface area (Å²) in [4.78, 5) is 31.0. The van der Waals surface area contributed by atoms with E-state index in [0.29, 0.717) is 42.6 Å². The van der Waals surface area contributed by atoms with Gasteiger partial charge in [0, 0.05) is 23.2 Å². The Hall–Kier alpha value is -3.66. The number of imidazole rings is 1. The smallest absolute Gasteiger partial charge is 0.414 e. The Morgan fingerprint density at radius 3 is 2.66 bits per heavy atom. The molecular weight excluding hydrogens is 493 g/mol. The van der Waals surface area contributed by atoms with Crippen LogP contribution in [-0.4, -0.2) is 52.1 Å². The van der Waals surface area contributed by atoms with Gasteiger partial charge in [0.15, 0.2) is 0 Å². The monoisotopic (exact) mass is 525 g/mol. The highest BCUT2D eigenvalue weighted by Crippen LogP contribution is 2.43. The lowest BCUT2D eigenvalue weighted by molar-refractivity contribution is -0.143. The van der Waals surface area contributed by atoms with E-state index in [4.69, 9.17) is 14.5 Å². The average molecular weight is 526 g/mol. The molecule has 2 aliphatic rings. The quantitative estimate of drug-likeness (QED) is 0.482. The first-order valence-electron chi connectivity index (χ1n) is 12.9. The van der Waals surface area contributed by atoms with Crippen LogP contribution in [0.15, 0.2) is 30.3 Å². The second kappa shape index (κ2) is 10.2. The van der Waals surface area contributed by atoms with Gasteiger partial charge in [-0.25, -0.2) is 14.2 Å². The van der Waals surface area contributed by atoms with Crippen LogP contribution in [0.1, 0.15) is 68.1 Å². The third kappa shape index (κ3) is 4.36. The zero-order chi connectivity index (χ0) is 27.1. The van der Waals surface area contributed by atoms with Crippen LogP contribution in [0.5, 0.6) is 5.75 Å². The summed E-state index contributed by atoms with van der Waals surface area (Å²) in [6.07, 6.45) is 2.01. The van der Waals surface area contributed by atoms with Crippen LogP contribution in [0, 0.1) is 11.7 Å². The first-order valence-corrected chi connectivity index (χ1v) is 12.9. The second-order valence-electron chi connectivity index (χ2n) is 10.1. The van der Waals surface area contributed by atoms with E-state index in [1.807, 2.05) is 23.6 Å². The molecule has 1 aromatic heterocycles. The maximum absolute atomic E-state index is 14.3. The minimum Gasteiger partial charge on any atom is -0.496 e. The van der Waals surface area contributed by atoms with Gasteiger partial charge in [-0.1, -0.05) is 6.42 Å². The van der Waals surface area contributed by atoms with Crippen LogP contribution in [0.4, 0.5) is 14.9 Å². The molecule has 10 heteroatoms. The summed E-state index contributed by atoms with van der Waals surface area (Å²) < 4.78 is 26.6. The van der Waals surface area contributed by atoms with E-state index >= 15 is 0 Å². The number of aryl methyl sites for hydroxylation is 1. The number of hydrogen-bond acceptors (Lipinski definition) is 6. The van der Waals surface area contributed by atoms with E-state index < -0.39 is 29.9 Å². The molecule has 0 bridgehead atoms. The molecule has 4 atom stereocenters. The van der Waals surface area contributed by atoms with Gasteiger partial charge in [0.1, 0.15) is 23.5 Å². The summed E-state index contributed by atoms with van der Waals surface area (Å²) >= 11 is 0. The maximum atomic E-state index is 14.3. The van der Waals surface area contributed by atoms with Crippen molar-refractivity contribution < 1.29 is 33.7 Å². The summed E-state index contributed by atoms with van der Waals surface area (Å²) in [6.45, 7) is 1.96. The molecule has 202 valence electrons. The van der Waals surface area contributed by atoms with Crippen molar-refractivity contribution in [3.05, 3.63) is 53.1 Å². The van der Waals surface area contributed by atoms with Crippen molar-refractivity contribution in [1.82, 2.24) is 9.55 Å². The largest absolute Gasteiger partial charge is 0.496 e. The Morgan fingerprint density at radius 1 is 1.16 bits per heavy atom. The highest BCUT2D eigenvalue weighted by Gasteiger charge is 2.36. The van der Waals surface area contributed by atoms with Crippen LogP contribution in [0.25, 0.3) is 11.0 Å². The summed E-state index contributed by atoms with van der Waals surface area (Å²) in [7, 11) is 2.79. The van der Waals surface area contributed by atoms with Gasteiger partial charge < -0.3 is 24.3 Å². The number of aliphatic hydroxyl groups excluding tert-OH is 1. The van der Waals surface area contributed by atoms with E-state index in [0.717, 1.165) is 23.9 Å². The van der Waals surface area contributed by atoms with Crippen molar-refractivity contribution in [3.63, 3.8) is 0 Å². The molecule has 2 aromatic carbocycles. The van der Waals surface area contributed by atoms with Gasteiger partial charge in [-0.15, -0.1) is 0 Å². The number of nitrogens with zero attached hydrogens (tertiary/aromatic N) is 3. The van der Waals surface area contributed by atoms with E-state index in [1.54, 1.807) is 4.90 Å². The molecule has 38 heavy (non-hydrogen) atoms. The van der Waals surface area contributed by atoms with E-state index in [-0.39, 0.29) is 23.5 Å². The number of benzene rings is 2. The predicted octanol–water partition coefficient (Wildman–Crippen LogP) is 4.99. The number of aliphatic carboxylic acids is 1. The normalized spacial score (nSPS) is 22.1. The molecule has 2 heterocycles. The Morgan fingerprint density at radius 2 is 1.95 bits per heavy atom. The Kier molecular flexibility index (Phi) is 7.00. The van der Waals surface area contributed by atoms with Gasteiger partial charge in [-0.3, -0.25) is 9.69 Å². The number of methoxy groups -OCH3 is 2. The van der Waals surface area contributed by atoms with Crippen molar-refractivity contribution in [2.45, 2.75) is 63.6 Å². The third-order valence-electron chi connectivity index (χ3n) is 7.94. The minimum absolute atomic E-state index is 0.0641. The zero-order valence-electron chi connectivity index (χ0n) is 21.7. The molecule has 1 saturated carbocycles. The fourth-order valence-electron chi connectivity index (χ4n) is 6.05. The summed E-state index contributed by atoms with van der Waals surface area (Å²) in [5.41, 5.74) is 3.15. The summed E-state index contributed by atoms with van der Waals surface area (Å²) in [5.74, 6) is -1.26. The maximum Gasteiger partial charge on any atom is 0.414 e. The number of rotatable bonds is 5. The molecule has 0 radical (unpaired) electrons. The van der Waals surface area contributed by atoms with Crippen molar-refractivity contribution in [3.8, 4) is 5.75 Å². The first kappa shape index (κ1) is 26.0. The van der Waals surface area contributed by atoms with Crippen molar-refractivity contribution >= 4 is 28.8 Å². The molecule has 0 spiro atoms. The summed E-state index contributed by atoms with van der Waals surface area (Å²) in [5, 5.41) is 21.3. The van der Waals surface area contributed by atoms with Gasteiger partial charge in [0.2, 0.25) is 0 Å². The van der Waals surface area contributed by atoms with Crippen molar-refractivity contribution in [1.29, 1.82) is 0 Å². The fraction of sp³-hybridized carbons (Fsp3) is 0.464. The van der Waals surface area contributed by atoms with E-state index in [2.05, 4.69) is 0 Å². The number of carbonyl (C=O) groups is 2. The number of carboxylic acid groups (broad SMARTS) is 1. The van der Waals surface area contributed by atoms with Gasteiger partial charge in [-0.05, 0) is 69.4 Å². The molecule has 5 rings (SSSR count). The molecule has 1 amide bonds. The fourth-order valence-corrected chi connectivity index (χ4v) is 6.05. The van der Waals surface area contributed by atoms with Gasteiger partial charge in [0.05, 0.1) is 36.9 Å². The third-order valence-corrected chi connectivity index (χ3v) is 7.94. The average Bonchev–Trinajstić information content (AvgIpc) is 3.32. The van der Waals surface area contributed by atoms with Crippen molar-refractivity contribution in [2.75, 3.05) is 19.1 Å². The number of aliphatic hydroxyl groups is 1. The Labute approximate surface area is 219 Å². The lowest BCUT2D eigenvalue weighted by Gasteiger charge is -2.34. The van der Waals surface area contributed by atoms with Crippen LogP contribution >= 0.6 is 0 Å². The van der Waals surface area contributed by atoms with Crippen LogP contribution in [-0.2, 0) is 16.0 Å². The number of anilines is 1. The lowest BCUT2D eigenvalue weighted by Crippen LogP contribution is -2.42. The minimum atomic E-state index is -1.33. The van der Waals surface area contributed by atoms with Crippen LogP contribution < -0.4 is 9.64 Å². The Bertz CT molecular complexity index is 1390. The van der Waals surface area contributed by atoms with E-state index in [9.17, 15) is 24.2 Å². The SMILES string of the molecule is COC(=O)N1c2ccc3c(nc([C@@H](O)c4cc(F)ccc4OC)n3C3CCC[C@@H](C(=O)O)C3)c2CC[C@@H]1C. The standard InChI is InChI=1S/C28H32FN3O6/c1-15-7-9-19-21(31(15)28(36)38-3)10-11-22-24(19)30-26(25(33)20-14-17(29)8-12-23(20)37-2)32(22)18-6-4-5-16(13-18)27(34)35/h8,10-12,14-16,18,25,33H,4-7,9,13H2,1-3H3,(H,34,35)/t15-,16+,18?,25-/m0/s1. The number of ether oxygens (including phenoxy) is 2. The van der Waals surface area contributed by atoms with Crippen LogP contribution in [0.2, 0.25) is 0 Å². The molecule has 0 saturated heterocycles. The molecule has 2 N–H and O–H groups in total. The molecule has 1 unspecified atom stereocenters. The van der Waals surface area contributed by atoms with E-state index in [1.165, 1.54) is 32.4 Å². The molecule has 3 aromatic rings. The lowest BCUT2D eigenvalue weighted by atomic mass is 9.85. The molecule has 1 aliphatic heterocycles. The van der Waals surface area contributed by atoms with Gasteiger partial charge >= 0.3 is 12.1 Å². The molecule has 1 aliphatic carbocycles. The topological polar surface area (TPSA) is 114 Å². The summed E-state index contributed by atoms with van der Waals surface area (Å²) in [6, 6.07) is 7.37. The van der Waals surface area contributed by atoms with Gasteiger partial charge in [0.25, 0.3) is 0 Å². The number of carbonyl (C=O) groups excluding carboxylic acids is 1. The molecule has 9 nitrogen and oxygen atoms in total. The molecule has 1 fully saturated rings. The number of fused-ring (bicyclic) bond motifs is 3. The zero-order valence-corrected chi connectivity index (χ0v) is 21.7. The number of amides is 1. The number of halogens is 1. The number of aromatic nitrogens is 2. The number of hydrogen-bond donors (Lipinski definition) is 2. The Balaban J connectivity index is 1.72. The highest BCUT2D eigenvalue weighted by molar-refractivity contribution is 5.95. The van der Waals surface area contributed by atoms with Gasteiger partial charge in [-0.2, -0.15) is 0 Å². The number of carboxylic acids is 1. The van der Waals surface area contributed by atoms with Crippen molar-refractivity contribution in [2.24, 2.45) is 5.92 Å². The molecular formula is C28H32FN3O6. The predicted molar refractivity (Wildman–Crippen MR) is 138 cm³/mol.